The lowest BCUT2D eigenvalue weighted by Gasteiger charge is -2.34. The summed E-state index contributed by atoms with van der Waals surface area (Å²) in [5, 5.41) is 3.09. The molecule has 0 fully saturated rings. The monoisotopic (exact) mass is 445 g/mol. The van der Waals surface area contributed by atoms with E-state index >= 15 is 0 Å². The van der Waals surface area contributed by atoms with Gasteiger partial charge >= 0.3 is 0 Å². The highest BCUT2D eigenvalue weighted by molar-refractivity contribution is 7.89. The average molecular weight is 445 g/mol. The number of methoxy groups -OCH3 is 1. The standard InChI is InChI=1S/C19H20FN7O3S/c1-19(10-31(28,29)27(2)18(21)26-19)12-8-11(4-5-13(12)20)24-17-16-14(6-7-22-17)25-15(30-3)9-23-16/h4-9H,10H2,1-3H3,(H2,21,26)(H,22,24)/t19-/m0/s1. The molecule has 12 heteroatoms. The van der Waals surface area contributed by atoms with E-state index in [-0.39, 0.29) is 11.5 Å². The topological polar surface area (TPSA) is 136 Å². The molecule has 0 unspecified atom stereocenters. The maximum Gasteiger partial charge on any atom is 0.239 e. The highest BCUT2D eigenvalue weighted by Gasteiger charge is 2.41. The van der Waals surface area contributed by atoms with Crippen molar-refractivity contribution in [2.45, 2.75) is 12.5 Å². The number of hydrogen-bond acceptors (Lipinski definition) is 9. The molecule has 3 N–H and O–H groups in total. The third kappa shape index (κ3) is 3.69. The molecule has 0 amide bonds. The Balaban J connectivity index is 1.75. The number of nitrogens with one attached hydrogen (secondary N) is 1. The molecule has 0 saturated carbocycles. The number of ether oxygens (including phenoxy) is 1. The van der Waals surface area contributed by atoms with E-state index in [1.165, 1.54) is 45.5 Å². The molecule has 3 aromatic rings. The van der Waals surface area contributed by atoms with Crippen LogP contribution in [0.2, 0.25) is 0 Å². The van der Waals surface area contributed by atoms with Crippen LogP contribution in [-0.4, -0.2) is 53.5 Å². The number of sulfonamides is 1. The van der Waals surface area contributed by atoms with Crippen molar-refractivity contribution >= 4 is 38.5 Å². The number of hydrogen-bond donors (Lipinski definition) is 2. The third-order valence-corrected chi connectivity index (χ3v) is 6.97. The highest BCUT2D eigenvalue weighted by Crippen LogP contribution is 2.35. The van der Waals surface area contributed by atoms with E-state index < -0.39 is 27.1 Å². The van der Waals surface area contributed by atoms with Crippen LogP contribution in [0.1, 0.15) is 12.5 Å². The van der Waals surface area contributed by atoms with E-state index in [0.29, 0.717) is 28.4 Å². The first-order chi connectivity index (χ1) is 14.6. The molecule has 31 heavy (non-hydrogen) atoms. The van der Waals surface area contributed by atoms with E-state index in [2.05, 4.69) is 25.3 Å². The van der Waals surface area contributed by atoms with Gasteiger partial charge in [0, 0.05) is 24.5 Å². The number of aromatic nitrogens is 3. The van der Waals surface area contributed by atoms with Crippen LogP contribution in [0.15, 0.2) is 41.7 Å². The van der Waals surface area contributed by atoms with Crippen LogP contribution in [0, 0.1) is 5.82 Å². The Labute approximate surface area is 178 Å². The maximum absolute atomic E-state index is 14.8. The summed E-state index contributed by atoms with van der Waals surface area (Å²) >= 11 is 0. The largest absolute Gasteiger partial charge is 0.480 e. The number of aliphatic imine (C=N–C) groups is 1. The van der Waals surface area contributed by atoms with Crippen LogP contribution in [0.3, 0.4) is 0 Å². The zero-order valence-corrected chi connectivity index (χ0v) is 17.8. The van der Waals surface area contributed by atoms with Gasteiger partial charge in [0.05, 0.1) is 24.6 Å². The molecule has 1 aromatic carbocycles. The first kappa shape index (κ1) is 20.7. The number of benzene rings is 1. The Morgan fingerprint density at radius 1 is 1.29 bits per heavy atom. The van der Waals surface area contributed by atoms with Gasteiger partial charge in [0.1, 0.15) is 16.9 Å². The zero-order chi connectivity index (χ0) is 22.4. The van der Waals surface area contributed by atoms with Gasteiger partial charge in [-0.2, -0.15) is 0 Å². The van der Waals surface area contributed by atoms with E-state index in [0.717, 1.165) is 4.31 Å². The molecule has 2 aromatic heterocycles. The molecule has 0 spiro atoms. The summed E-state index contributed by atoms with van der Waals surface area (Å²) in [6, 6.07) is 5.92. The summed E-state index contributed by atoms with van der Waals surface area (Å²) in [6.45, 7) is 1.53. The van der Waals surface area contributed by atoms with Crippen LogP contribution < -0.4 is 15.8 Å². The number of guanidine groups is 1. The smallest absolute Gasteiger partial charge is 0.239 e. The quantitative estimate of drug-likeness (QED) is 0.620. The summed E-state index contributed by atoms with van der Waals surface area (Å²) in [7, 11) is -0.937. The number of nitrogens with zero attached hydrogens (tertiary/aromatic N) is 5. The lowest BCUT2D eigenvalue weighted by atomic mass is 9.93. The molecule has 1 aliphatic heterocycles. The summed E-state index contributed by atoms with van der Waals surface area (Å²) in [6.07, 6.45) is 3.02. The Hall–Kier alpha value is -3.54. The number of fused-ring (bicyclic) bond motifs is 1. The third-order valence-electron chi connectivity index (χ3n) is 5.02. The molecular formula is C19H20FN7O3S. The van der Waals surface area contributed by atoms with E-state index in [4.69, 9.17) is 10.5 Å². The zero-order valence-electron chi connectivity index (χ0n) is 17.0. The Morgan fingerprint density at radius 2 is 2.06 bits per heavy atom. The van der Waals surface area contributed by atoms with Crippen molar-refractivity contribution in [3.05, 3.63) is 48.0 Å². The lowest BCUT2D eigenvalue weighted by Crippen LogP contribution is -2.50. The Bertz CT molecular complexity index is 1320. The van der Waals surface area contributed by atoms with E-state index in [1.807, 2.05) is 0 Å². The average Bonchev–Trinajstić information content (AvgIpc) is 2.72. The van der Waals surface area contributed by atoms with Gasteiger partial charge in [0.25, 0.3) is 0 Å². The summed E-state index contributed by atoms with van der Waals surface area (Å²) in [5.41, 5.74) is 6.01. The number of nitrogens with two attached hydrogens (primary N) is 1. The molecule has 4 rings (SSSR count). The SMILES string of the molecule is COc1cnc2c(Nc3ccc(F)c([C@]4(C)CS(=O)(=O)N(C)C(N)=N4)c3)nccc2n1. The predicted octanol–water partition coefficient (Wildman–Crippen LogP) is 1.72. The second-order valence-corrected chi connectivity index (χ2v) is 9.23. The molecule has 1 aliphatic rings. The van der Waals surface area contributed by atoms with Crippen molar-refractivity contribution < 1.29 is 17.5 Å². The molecule has 3 heterocycles. The maximum atomic E-state index is 14.8. The molecular weight excluding hydrogens is 425 g/mol. The van der Waals surface area contributed by atoms with Crippen LogP contribution in [0.25, 0.3) is 11.0 Å². The summed E-state index contributed by atoms with van der Waals surface area (Å²) in [4.78, 5) is 17.2. The van der Waals surface area contributed by atoms with Gasteiger partial charge in [-0.05, 0) is 31.2 Å². The predicted molar refractivity (Wildman–Crippen MR) is 114 cm³/mol. The number of rotatable bonds is 4. The van der Waals surface area contributed by atoms with Gasteiger partial charge in [-0.3, -0.25) is 0 Å². The van der Waals surface area contributed by atoms with Crippen molar-refractivity contribution in [1.29, 1.82) is 0 Å². The van der Waals surface area contributed by atoms with Gasteiger partial charge < -0.3 is 15.8 Å². The van der Waals surface area contributed by atoms with Crippen molar-refractivity contribution in [2.75, 3.05) is 25.2 Å². The highest BCUT2D eigenvalue weighted by atomic mass is 32.2. The molecule has 162 valence electrons. The van der Waals surface area contributed by atoms with Gasteiger partial charge in [-0.1, -0.05) is 0 Å². The second-order valence-electron chi connectivity index (χ2n) is 7.23. The molecule has 0 bridgehead atoms. The first-order valence-corrected chi connectivity index (χ1v) is 10.8. The second kappa shape index (κ2) is 7.30. The molecule has 0 radical (unpaired) electrons. The minimum absolute atomic E-state index is 0.0881. The van der Waals surface area contributed by atoms with Crippen LogP contribution in [0.5, 0.6) is 5.88 Å². The van der Waals surface area contributed by atoms with Gasteiger partial charge in [-0.15, -0.1) is 0 Å². The van der Waals surface area contributed by atoms with E-state index in [1.54, 1.807) is 12.3 Å². The van der Waals surface area contributed by atoms with Gasteiger partial charge in [0.15, 0.2) is 5.82 Å². The Morgan fingerprint density at radius 3 is 2.77 bits per heavy atom. The van der Waals surface area contributed by atoms with Crippen molar-refractivity contribution in [3.8, 4) is 5.88 Å². The summed E-state index contributed by atoms with van der Waals surface area (Å²) in [5.74, 6) is -0.462. The minimum Gasteiger partial charge on any atom is -0.480 e. The molecule has 0 aliphatic carbocycles. The fourth-order valence-electron chi connectivity index (χ4n) is 3.36. The summed E-state index contributed by atoms with van der Waals surface area (Å²) < 4.78 is 45.6. The normalized spacial score (nSPS) is 20.4. The van der Waals surface area contributed by atoms with Gasteiger partial charge in [0.2, 0.25) is 21.9 Å². The molecule has 0 saturated heterocycles. The lowest BCUT2D eigenvalue weighted by molar-refractivity contribution is 0.397. The fourth-order valence-corrected chi connectivity index (χ4v) is 4.81. The van der Waals surface area contributed by atoms with Crippen molar-refractivity contribution in [2.24, 2.45) is 10.7 Å². The number of anilines is 2. The minimum atomic E-state index is -3.74. The van der Waals surface area contributed by atoms with E-state index in [9.17, 15) is 12.8 Å². The molecule has 10 nitrogen and oxygen atoms in total. The fraction of sp³-hybridized carbons (Fsp3) is 0.263. The van der Waals surface area contributed by atoms with Gasteiger partial charge in [-0.25, -0.2) is 37.1 Å². The first-order valence-electron chi connectivity index (χ1n) is 9.18. The number of halogens is 1. The molecule has 1 atom stereocenters. The Kier molecular flexibility index (Phi) is 4.88. The van der Waals surface area contributed by atoms with Crippen molar-refractivity contribution in [3.63, 3.8) is 0 Å². The van der Waals surface area contributed by atoms with Crippen LogP contribution in [-0.2, 0) is 15.6 Å². The van der Waals surface area contributed by atoms with Crippen molar-refractivity contribution in [1.82, 2.24) is 19.3 Å². The number of pyridine rings is 1. The van der Waals surface area contributed by atoms with Crippen LogP contribution in [0.4, 0.5) is 15.9 Å². The van der Waals surface area contributed by atoms with Crippen LogP contribution >= 0.6 is 0 Å².